The molecule has 2 heterocycles. The Labute approximate surface area is 116 Å². The zero-order valence-corrected chi connectivity index (χ0v) is 12.2. The maximum Gasteiger partial charge on any atom is 0.324 e. The molecule has 0 amide bonds. The highest BCUT2D eigenvalue weighted by molar-refractivity contribution is 5.76. The number of likely N-dealkylation sites (N-methyl/N-ethyl adjacent to an activating group) is 1. The lowest BCUT2D eigenvalue weighted by Crippen LogP contribution is -2.47. The first-order valence-corrected chi connectivity index (χ1v) is 7.55. The van der Waals surface area contributed by atoms with Crippen LogP contribution in [0.25, 0.3) is 0 Å². The average molecular weight is 269 g/mol. The van der Waals surface area contributed by atoms with Crippen molar-refractivity contribution in [3.8, 4) is 0 Å². The molecule has 0 aromatic heterocycles. The molecule has 19 heavy (non-hydrogen) atoms. The fourth-order valence-corrected chi connectivity index (χ4v) is 3.23. The summed E-state index contributed by atoms with van der Waals surface area (Å²) < 4.78 is 5.12. The molecular weight excluding hydrogens is 242 g/mol. The van der Waals surface area contributed by atoms with Crippen LogP contribution in [0.1, 0.15) is 26.2 Å². The number of hydrogen-bond acceptors (Lipinski definition) is 5. The van der Waals surface area contributed by atoms with Gasteiger partial charge in [-0.15, -0.1) is 0 Å². The van der Waals surface area contributed by atoms with E-state index in [2.05, 4.69) is 15.1 Å². The molecule has 110 valence electrons. The highest BCUT2D eigenvalue weighted by Crippen LogP contribution is 2.21. The Balaban J connectivity index is 1.87. The van der Waals surface area contributed by atoms with Gasteiger partial charge >= 0.3 is 5.97 Å². The molecule has 0 aromatic rings. The lowest BCUT2D eigenvalue weighted by Gasteiger charge is -2.28. The summed E-state index contributed by atoms with van der Waals surface area (Å²) in [5, 5.41) is 3.08. The second-order valence-electron chi connectivity index (χ2n) is 5.54. The fourth-order valence-electron chi connectivity index (χ4n) is 3.23. The molecule has 2 aliphatic rings. The summed E-state index contributed by atoms with van der Waals surface area (Å²) in [5.74, 6) is -0.127. The second kappa shape index (κ2) is 7.22. The normalized spacial score (nSPS) is 26.7. The maximum atomic E-state index is 11.8. The summed E-state index contributed by atoms with van der Waals surface area (Å²) in [7, 11) is 1.83. The van der Waals surface area contributed by atoms with Crippen molar-refractivity contribution in [3.05, 3.63) is 0 Å². The molecule has 2 fully saturated rings. The number of ether oxygens (including phenoxy) is 1. The van der Waals surface area contributed by atoms with Gasteiger partial charge in [-0.05, 0) is 52.9 Å². The minimum Gasteiger partial charge on any atom is -0.465 e. The van der Waals surface area contributed by atoms with Crippen LogP contribution in [0.4, 0.5) is 0 Å². The number of hydrogen-bond donors (Lipinski definition) is 1. The van der Waals surface area contributed by atoms with Gasteiger partial charge in [-0.2, -0.15) is 0 Å². The van der Waals surface area contributed by atoms with Gasteiger partial charge in [-0.3, -0.25) is 14.6 Å². The van der Waals surface area contributed by atoms with Crippen molar-refractivity contribution < 1.29 is 9.53 Å². The summed E-state index contributed by atoms with van der Waals surface area (Å²) in [4.78, 5) is 16.9. The van der Waals surface area contributed by atoms with Gasteiger partial charge < -0.3 is 10.1 Å². The molecule has 5 heteroatoms. The van der Waals surface area contributed by atoms with Gasteiger partial charge in [0.2, 0.25) is 0 Å². The van der Waals surface area contributed by atoms with Gasteiger partial charge in [-0.1, -0.05) is 0 Å². The SMILES string of the molecule is CCOC(=O)C(CN1CCCN2CCCC2C1)NC. The highest BCUT2D eigenvalue weighted by Gasteiger charge is 2.30. The summed E-state index contributed by atoms with van der Waals surface area (Å²) >= 11 is 0. The number of carbonyl (C=O) groups is 1. The first kappa shape index (κ1) is 14.8. The van der Waals surface area contributed by atoms with Crippen LogP contribution in [0.2, 0.25) is 0 Å². The first-order valence-electron chi connectivity index (χ1n) is 7.55. The van der Waals surface area contributed by atoms with Gasteiger partial charge in [0.25, 0.3) is 0 Å². The van der Waals surface area contributed by atoms with E-state index in [1.807, 2.05) is 14.0 Å². The van der Waals surface area contributed by atoms with Crippen LogP contribution < -0.4 is 5.32 Å². The van der Waals surface area contributed by atoms with Crippen LogP contribution in [-0.4, -0.2) is 74.2 Å². The molecule has 0 radical (unpaired) electrons. The molecule has 0 bridgehead atoms. The van der Waals surface area contributed by atoms with E-state index in [4.69, 9.17) is 4.74 Å². The summed E-state index contributed by atoms with van der Waals surface area (Å²) in [6.45, 7) is 7.72. The van der Waals surface area contributed by atoms with E-state index in [1.54, 1.807) is 0 Å². The van der Waals surface area contributed by atoms with Crippen molar-refractivity contribution in [3.63, 3.8) is 0 Å². The topological polar surface area (TPSA) is 44.8 Å². The Bertz CT molecular complexity index is 298. The Morgan fingerprint density at radius 3 is 2.89 bits per heavy atom. The number of nitrogens with zero attached hydrogens (tertiary/aromatic N) is 2. The minimum atomic E-state index is -0.201. The Hall–Kier alpha value is -0.650. The minimum absolute atomic E-state index is 0.127. The van der Waals surface area contributed by atoms with E-state index in [-0.39, 0.29) is 12.0 Å². The monoisotopic (exact) mass is 269 g/mol. The van der Waals surface area contributed by atoms with Crippen molar-refractivity contribution in [2.24, 2.45) is 0 Å². The Morgan fingerprint density at radius 1 is 1.37 bits per heavy atom. The third-order valence-corrected chi connectivity index (χ3v) is 4.25. The molecule has 2 saturated heterocycles. The Morgan fingerprint density at radius 2 is 2.16 bits per heavy atom. The molecule has 2 rings (SSSR count). The van der Waals surface area contributed by atoms with Crippen LogP contribution in [0.3, 0.4) is 0 Å². The quantitative estimate of drug-likeness (QED) is 0.728. The van der Waals surface area contributed by atoms with Crippen molar-refractivity contribution in [2.75, 3.05) is 46.4 Å². The lowest BCUT2D eigenvalue weighted by molar-refractivity contribution is -0.146. The molecule has 2 atom stereocenters. The van der Waals surface area contributed by atoms with Crippen LogP contribution in [-0.2, 0) is 9.53 Å². The summed E-state index contributed by atoms with van der Waals surface area (Å²) in [6, 6.07) is 0.495. The largest absolute Gasteiger partial charge is 0.465 e. The zero-order valence-electron chi connectivity index (χ0n) is 12.2. The van der Waals surface area contributed by atoms with Crippen LogP contribution in [0.5, 0.6) is 0 Å². The van der Waals surface area contributed by atoms with Gasteiger partial charge in [0.15, 0.2) is 0 Å². The van der Waals surface area contributed by atoms with Crippen molar-refractivity contribution >= 4 is 5.97 Å². The first-order chi connectivity index (χ1) is 9.24. The van der Waals surface area contributed by atoms with Crippen LogP contribution in [0, 0.1) is 0 Å². The van der Waals surface area contributed by atoms with Gasteiger partial charge in [0.05, 0.1) is 6.61 Å². The molecule has 1 N–H and O–H groups in total. The van der Waals surface area contributed by atoms with Crippen molar-refractivity contribution in [1.82, 2.24) is 15.1 Å². The number of rotatable bonds is 5. The number of esters is 1. The number of carbonyl (C=O) groups excluding carboxylic acids is 1. The molecule has 0 spiro atoms. The third kappa shape index (κ3) is 3.91. The smallest absolute Gasteiger partial charge is 0.324 e. The van der Waals surface area contributed by atoms with Gasteiger partial charge in [0, 0.05) is 19.1 Å². The highest BCUT2D eigenvalue weighted by atomic mass is 16.5. The van der Waals surface area contributed by atoms with E-state index in [9.17, 15) is 4.79 Å². The van der Waals surface area contributed by atoms with E-state index < -0.39 is 0 Å². The van der Waals surface area contributed by atoms with Crippen molar-refractivity contribution in [2.45, 2.75) is 38.3 Å². The zero-order chi connectivity index (χ0) is 13.7. The Kier molecular flexibility index (Phi) is 5.60. The summed E-state index contributed by atoms with van der Waals surface area (Å²) in [6.07, 6.45) is 3.84. The predicted octanol–water partition coefficient (Wildman–Crippen LogP) is 0.308. The molecule has 2 unspecified atom stereocenters. The van der Waals surface area contributed by atoms with Gasteiger partial charge in [-0.25, -0.2) is 0 Å². The predicted molar refractivity (Wildman–Crippen MR) is 75.1 cm³/mol. The molecular formula is C14H27N3O2. The van der Waals surface area contributed by atoms with Crippen molar-refractivity contribution in [1.29, 1.82) is 0 Å². The van der Waals surface area contributed by atoms with E-state index >= 15 is 0 Å². The number of nitrogens with one attached hydrogen (secondary N) is 1. The van der Waals surface area contributed by atoms with Crippen LogP contribution in [0.15, 0.2) is 0 Å². The molecule has 0 saturated carbocycles. The lowest BCUT2D eigenvalue weighted by atomic mass is 10.2. The molecule has 5 nitrogen and oxygen atoms in total. The molecule has 0 aromatic carbocycles. The molecule has 2 aliphatic heterocycles. The van der Waals surface area contributed by atoms with E-state index in [0.717, 1.165) is 19.6 Å². The average Bonchev–Trinajstić information content (AvgIpc) is 2.74. The van der Waals surface area contributed by atoms with E-state index in [1.165, 1.54) is 32.4 Å². The fraction of sp³-hybridized carbons (Fsp3) is 0.929. The maximum absolute atomic E-state index is 11.8. The third-order valence-electron chi connectivity index (χ3n) is 4.25. The number of fused-ring (bicyclic) bond motifs is 1. The summed E-state index contributed by atoms with van der Waals surface area (Å²) in [5.41, 5.74) is 0. The standard InChI is InChI=1S/C14H27N3O2/c1-3-19-14(18)13(15-2)11-16-7-5-9-17-8-4-6-12(17)10-16/h12-13,15H,3-11H2,1-2H3. The molecule has 0 aliphatic carbocycles. The second-order valence-corrected chi connectivity index (χ2v) is 5.54. The van der Waals surface area contributed by atoms with Gasteiger partial charge in [0.1, 0.15) is 6.04 Å². The van der Waals surface area contributed by atoms with E-state index in [0.29, 0.717) is 12.6 Å². The van der Waals surface area contributed by atoms with Crippen LogP contribution >= 0.6 is 0 Å².